The van der Waals surface area contributed by atoms with Crippen LogP contribution in [0.5, 0.6) is 23.0 Å². The summed E-state index contributed by atoms with van der Waals surface area (Å²) >= 11 is -4.55. The molecule has 25 heavy (non-hydrogen) atoms. The van der Waals surface area contributed by atoms with Gasteiger partial charge in [0, 0.05) is 0 Å². The molecule has 0 radical (unpaired) electrons. The minimum atomic E-state index is -4.55. The summed E-state index contributed by atoms with van der Waals surface area (Å²) < 4.78 is 46.2. The van der Waals surface area contributed by atoms with E-state index in [-0.39, 0.29) is 4.46 Å². The van der Waals surface area contributed by atoms with Crippen molar-refractivity contribution in [2.24, 2.45) is 0 Å². The van der Waals surface area contributed by atoms with E-state index in [0.29, 0.717) is 23.0 Å². The average Bonchev–Trinajstić information content (AvgIpc) is 2.65. The Balaban J connectivity index is 2.39. The molecule has 7 heteroatoms. The summed E-state index contributed by atoms with van der Waals surface area (Å²) in [6.45, 7) is 0. The number of hydrogen-bond donors (Lipinski definition) is 0. The molecule has 0 aliphatic rings. The van der Waals surface area contributed by atoms with Crippen LogP contribution in [0.15, 0.2) is 41.4 Å². The molecule has 0 bridgehead atoms. The van der Waals surface area contributed by atoms with Crippen LogP contribution in [0.25, 0.3) is 6.08 Å². The molecule has 134 valence electrons. The average molecular weight is 411 g/mol. The van der Waals surface area contributed by atoms with Crippen LogP contribution in [0.3, 0.4) is 0 Å². The van der Waals surface area contributed by atoms with Gasteiger partial charge in [-0.2, -0.15) is 0 Å². The quantitative estimate of drug-likeness (QED) is 0.652. The zero-order valence-corrected chi connectivity index (χ0v) is 16.2. The Bertz CT molecular complexity index is 829. The summed E-state index contributed by atoms with van der Waals surface area (Å²) in [4.78, 5) is 1.21. The van der Waals surface area contributed by atoms with Crippen LogP contribution in [0.4, 0.5) is 0 Å². The van der Waals surface area contributed by atoms with E-state index in [1.165, 1.54) is 38.4 Å². The maximum absolute atomic E-state index is 12.7. The third-order valence-electron chi connectivity index (χ3n) is 3.52. The molecule has 0 atom stereocenters. The monoisotopic (exact) mass is 412 g/mol. The van der Waals surface area contributed by atoms with Crippen LogP contribution < -0.4 is 23.4 Å². The van der Waals surface area contributed by atoms with E-state index in [9.17, 15) is 7.67 Å². The van der Waals surface area contributed by atoms with Crippen LogP contribution in [0.1, 0.15) is 5.56 Å². The molecule has 0 amide bonds. The SMILES string of the molecule is COc1ccc(/C=C/[Se](=O)(=O)c2cc(OC)c(OC)c(OC)c2)cc1. The molecule has 0 N–H and O–H groups in total. The fourth-order valence-corrected chi connectivity index (χ4v) is 4.36. The summed E-state index contributed by atoms with van der Waals surface area (Å²) in [7, 11) is 5.91. The Hall–Kier alpha value is -2.50. The van der Waals surface area contributed by atoms with Gasteiger partial charge in [-0.3, -0.25) is 0 Å². The van der Waals surface area contributed by atoms with Gasteiger partial charge in [-0.15, -0.1) is 0 Å². The van der Waals surface area contributed by atoms with Crippen LogP contribution >= 0.6 is 0 Å². The van der Waals surface area contributed by atoms with Gasteiger partial charge < -0.3 is 0 Å². The normalized spacial score (nSPS) is 11.4. The molecule has 0 aromatic heterocycles. The molecule has 0 spiro atoms. The second-order valence-electron chi connectivity index (χ2n) is 4.98. The summed E-state index contributed by atoms with van der Waals surface area (Å²) in [5.74, 6) is 1.64. The molecule has 2 rings (SSSR count). The molecule has 0 heterocycles. The van der Waals surface area contributed by atoms with Gasteiger partial charge in [0.05, 0.1) is 0 Å². The van der Waals surface area contributed by atoms with Gasteiger partial charge in [-0.1, -0.05) is 0 Å². The zero-order chi connectivity index (χ0) is 18.4. The summed E-state index contributed by atoms with van der Waals surface area (Å²) in [5, 5.41) is 0. The second kappa shape index (κ2) is 8.05. The first-order chi connectivity index (χ1) is 11.9. The fourth-order valence-electron chi connectivity index (χ4n) is 2.18. The maximum atomic E-state index is 12.7. The topological polar surface area (TPSA) is 71.1 Å². The van der Waals surface area contributed by atoms with E-state index < -0.39 is 12.7 Å². The van der Waals surface area contributed by atoms with Crippen molar-refractivity contribution in [3.05, 3.63) is 46.9 Å². The molecule has 0 unspecified atom stereocenters. The van der Waals surface area contributed by atoms with Crippen molar-refractivity contribution in [2.45, 2.75) is 0 Å². The standard InChI is InChI=1S/C18H20O6Se/c1-21-14-7-5-13(6-8-14)9-10-25(19,20)15-11-16(22-2)18(24-4)17(12-15)23-3/h5-12H,1-4H3/b10-9+. The van der Waals surface area contributed by atoms with E-state index in [1.54, 1.807) is 37.5 Å². The van der Waals surface area contributed by atoms with Crippen LogP contribution in [0, 0.1) is 0 Å². The number of methoxy groups -OCH3 is 4. The van der Waals surface area contributed by atoms with E-state index in [1.807, 2.05) is 0 Å². The van der Waals surface area contributed by atoms with Gasteiger partial charge in [-0.05, 0) is 0 Å². The molecule has 0 saturated carbocycles. The Morgan fingerprint density at radius 2 is 1.36 bits per heavy atom. The predicted octanol–water partition coefficient (Wildman–Crippen LogP) is 2.48. The van der Waals surface area contributed by atoms with E-state index in [2.05, 4.69) is 0 Å². The first-order valence-electron chi connectivity index (χ1n) is 7.32. The first-order valence-corrected chi connectivity index (χ1v) is 10.6. The second-order valence-corrected chi connectivity index (χ2v) is 8.83. The zero-order valence-electron chi connectivity index (χ0n) is 14.5. The number of hydrogen-bond acceptors (Lipinski definition) is 6. The van der Waals surface area contributed by atoms with Gasteiger partial charge in [-0.25, -0.2) is 0 Å². The van der Waals surface area contributed by atoms with Crippen molar-refractivity contribution in [1.29, 1.82) is 0 Å². The molecule has 0 aliphatic carbocycles. The Morgan fingerprint density at radius 1 is 0.800 bits per heavy atom. The van der Waals surface area contributed by atoms with Crippen molar-refractivity contribution in [1.82, 2.24) is 0 Å². The van der Waals surface area contributed by atoms with Crippen molar-refractivity contribution >= 4 is 23.2 Å². The minimum absolute atomic E-state index is 0.121. The van der Waals surface area contributed by atoms with Gasteiger partial charge in [0.25, 0.3) is 0 Å². The third kappa shape index (κ3) is 4.32. The number of rotatable bonds is 7. The number of ether oxygens (including phenoxy) is 4. The summed E-state index contributed by atoms with van der Waals surface area (Å²) in [6.07, 6.45) is 1.54. The van der Waals surface area contributed by atoms with Crippen molar-refractivity contribution in [3.63, 3.8) is 0 Å². The van der Waals surface area contributed by atoms with E-state index >= 15 is 0 Å². The van der Waals surface area contributed by atoms with Gasteiger partial charge in [0.15, 0.2) is 0 Å². The predicted molar refractivity (Wildman–Crippen MR) is 94.9 cm³/mol. The molecular weight excluding hydrogens is 391 g/mol. The van der Waals surface area contributed by atoms with Gasteiger partial charge in [0.2, 0.25) is 0 Å². The van der Waals surface area contributed by atoms with Gasteiger partial charge in [0.1, 0.15) is 0 Å². The van der Waals surface area contributed by atoms with Crippen molar-refractivity contribution in [2.75, 3.05) is 28.4 Å². The molecule has 2 aromatic carbocycles. The Kier molecular flexibility index (Phi) is 6.06. The molecule has 0 saturated heterocycles. The first kappa shape index (κ1) is 18.8. The molecular formula is C18H20O6Se. The van der Waals surface area contributed by atoms with Crippen molar-refractivity contribution < 1.29 is 26.6 Å². The van der Waals surface area contributed by atoms with Crippen LogP contribution in [-0.4, -0.2) is 41.1 Å². The summed E-state index contributed by atoms with van der Waals surface area (Å²) in [5.41, 5.74) is 0.751. The molecule has 6 nitrogen and oxygen atoms in total. The molecule has 2 aromatic rings. The molecule has 0 fully saturated rings. The van der Waals surface area contributed by atoms with E-state index in [4.69, 9.17) is 18.9 Å². The van der Waals surface area contributed by atoms with Crippen LogP contribution in [-0.2, 0) is 7.67 Å². The number of benzene rings is 2. The van der Waals surface area contributed by atoms with Gasteiger partial charge >= 0.3 is 148 Å². The summed E-state index contributed by atoms with van der Waals surface area (Å²) in [6, 6.07) is 9.94. The van der Waals surface area contributed by atoms with E-state index in [0.717, 1.165) is 5.56 Å². The Labute approximate surface area is 148 Å². The van der Waals surface area contributed by atoms with Crippen LogP contribution in [0.2, 0.25) is 0 Å². The molecule has 0 aliphatic heterocycles. The van der Waals surface area contributed by atoms with Crippen molar-refractivity contribution in [3.8, 4) is 23.0 Å². The fraction of sp³-hybridized carbons (Fsp3) is 0.222. The third-order valence-corrected chi connectivity index (χ3v) is 6.43. The Morgan fingerprint density at radius 3 is 1.80 bits per heavy atom.